The second kappa shape index (κ2) is 6.68. The standard InChI is InChI=1S/C20H16FN3O3/c1-27-20(26)13-4-2-12(3-5-13)16-10-18(25)23-19-17(16)11-22-24(19)15-8-6-14(21)7-9-15/h2-9,11,16H,10H2,1H3,(H,23,25)/t16-/m1/s1. The Morgan fingerprint density at radius 1 is 1.19 bits per heavy atom. The van der Waals surface area contributed by atoms with Gasteiger partial charge < -0.3 is 10.1 Å². The van der Waals surface area contributed by atoms with Crippen molar-refractivity contribution >= 4 is 17.7 Å². The Labute approximate surface area is 154 Å². The minimum atomic E-state index is -0.409. The molecule has 1 aliphatic heterocycles. The molecule has 4 rings (SSSR count). The first-order valence-electron chi connectivity index (χ1n) is 8.39. The number of carbonyl (C=O) groups excluding carboxylic acids is 2. The molecule has 1 atom stereocenters. The highest BCUT2D eigenvalue weighted by Gasteiger charge is 2.30. The molecule has 0 saturated heterocycles. The van der Waals surface area contributed by atoms with Crippen LogP contribution in [-0.4, -0.2) is 28.8 Å². The molecule has 1 aliphatic rings. The van der Waals surface area contributed by atoms with Crippen LogP contribution in [0.25, 0.3) is 5.69 Å². The molecule has 7 heteroatoms. The van der Waals surface area contributed by atoms with Crippen molar-refractivity contribution < 1.29 is 18.7 Å². The second-order valence-corrected chi connectivity index (χ2v) is 6.26. The molecule has 2 heterocycles. The average molecular weight is 365 g/mol. The number of ether oxygens (including phenoxy) is 1. The fourth-order valence-corrected chi connectivity index (χ4v) is 3.26. The van der Waals surface area contributed by atoms with Crippen LogP contribution in [0.15, 0.2) is 54.7 Å². The minimum Gasteiger partial charge on any atom is -0.465 e. The number of amides is 1. The molecular weight excluding hydrogens is 349 g/mol. The molecule has 2 aromatic carbocycles. The molecule has 3 aromatic rings. The van der Waals surface area contributed by atoms with E-state index in [1.165, 1.54) is 19.2 Å². The number of carbonyl (C=O) groups is 2. The Bertz CT molecular complexity index is 1010. The lowest BCUT2D eigenvalue weighted by Gasteiger charge is -2.24. The Balaban J connectivity index is 1.72. The number of aromatic nitrogens is 2. The Kier molecular flexibility index (Phi) is 4.19. The average Bonchev–Trinajstić information content (AvgIpc) is 3.11. The number of anilines is 1. The van der Waals surface area contributed by atoms with Gasteiger partial charge in [-0.25, -0.2) is 13.9 Å². The highest BCUT2D eigenvalue weighted by molar-refractivity contribution is 5.95. The van der Waals surface area contributed by atoms with Crippen molar-refractivity contribution in [1.82, 2.24) is 9.78 Å². The van der Waals surface area contributed by atoms with Crippen LogP contribution in [0.5, 0.6) is 0 Å². The molecule has 0 unspecified atom stereocenters. The van der Waals surface area contributed by atoms with E-state index in [0.717, 1.165) is 11.1 Å². The van der Waals surface area contributed by atoms with Crippen LogP contribution in [0.4, 0.5) is 10.2 Å². The van der Waals surface area contributed by atoms with E-state index in [1.54, 1.807) is 35.1 Å². The van der Waals surface area contributed by atoms with Gasteiger partial charge in [-0.3, -0.25) is 4.79 Å². The molecule has 0 spiro atoms. The summed E-state index contributed by atoms with van der Waals surface area (Å²) in [7, 11) is 1.33. The van der Waals surface area contributed by atoms with Gasteiger partial charge in [0.15, 0.2) is 0 Å². The van der Waals surface area contributed by atoms with Gasteiger partial charge in [-0.15, -0.1) is 0 Å². The van der Waals surface area contributed by atoms with Gasteiger partial charge in [0.1, 0.15) is 11.6 Å². The second-order valence-electron chi connectivity index (χ2n) is 6.26. The van der Waals surface area contributed by atoms with Gasteiger partial charge in [0.05, 0.1) is 24.6 Å². The fraction of sp³-hybridized carbons (Fsp3) is 0.150. The van der Waals surface area contributed by atoms with Crippen LogP contribution in [0, 0.1) is 5.82 Å². The predicted molar refractivity (Wildman–Crippen MR) is 96.4 cm³/mol. The van der Waals surface area contributed by atoms with Crippen molar-refractivity contribution in [3.05, 3.63) is 77.2 Å². The summed E-state index contributed by atoms with van der Waals surface area (Å²) in [5.41, 5.74) is 2.87. The molecule has 27 heavy (non-hydrogen) atoms. The van der Waals surface area contributed by atoms with Gasteiger partial charge >= 0.3 is 5.97 Å². The van der Waals surface area contributed by atoms with Gasteiger partial charge in [-0.05, 0) is 42.0 Å². The zero-order chi connectivity index (χ0) is 19.0. The number of hydrogen-bond donors (Lipinski definition) is 1. The summed E-state index contributed by atoms with van der Waals surface area (Å²) >= 11 is 0. The number of nitrogens with one attached hydrogen (secondary N) is 1. The highest BCUT2D eigenvalue weighted by Crippen LogP contribution is 2.38. The van der Waals surface area contributed by atoms with Crippen molar-refractivity contribution in [3.8, 4) is 5.69 Å². The summed E-state index contributed by atoms with van der Waals surface area (Å²) in [6, 6.07) is 12.9. The maximum Gasteiger partial charge on any atom is 0.337 e. The lowest BCUT2D eigenvalue weighted by Crippen LogP contribution is -2.24. The molecule has 1 N–H and O–H groups in total. The Morgan fingerprint density at radius 3 is 2.56 bits per heavy atom. The summed E-state index contributed by atoms with van der Waals surface area (Å²) in [5, 5.41) is 7.23. The molecule has 0 radical (unpaired) electrons. The lowest BCUT2D eigenvalue weighted by molar-refractivity contribution is -0.116. The summed E-state index contributed by atoms with van der Waals surface area (Å²) < 4.78 is 19.5. The van der Waals surface area contributed by atoms with E-state index in [4.69, 9.17) is 4.74 Å². The molecule has 0 saturated carbocycles. The first kappa shape index (κ1) is 17.0. The SMILES string of the molecule is COC(=O)c1ccc([C@H]2CC(=O)Nc3c2cnn3-c2ccc(F)cc2)cc1. The van der Waals surface area contributed by atoms with E-state index >= 15 is 0 Å². The zero-order valence-electron chi connectivity index (χ0n) is 14.5. The molecular formula is C20H16FN3O3. The molecule has 1 amide bonds. The van der Waals surface area contributed by atoms with Crippen molar-refractivity contribution in [2.24, 2.45) is 0 Å². The number of fused-ring (bicyclic) bond motifs is 1. The Morgan fingerprint density at radius 2 is 1.89 bits per heavy atom. The molecule has 0 fully saturated rings. The van der Waals surface area contributed by atoms with E-state index in [1.807, 2.05) is 12.1 Å². The van der Waals surface area contributed by atoms with E-state index in [2.05, 4.69) is 10.4 Å². The largest absolute Gasteiger partial charge is 0.465 e. The lowest BCUT2D eigenvalue weighted by atomic mass is 9.87. The number of esters is 1. The van der Waals surface area contributed by atoms with E-state index in [-0.39, 0.29) is 24.1 Å². The van der Waals surface area contributed by atoms with Crippen molar-refractivity contribution in [1.29, 1.82) is 0 Å². The van der Waals surface area contributed by atoms with Crippen molar-refractivity contribution in [2.75, 3.05) is 12.4 Å². The summed E-state index contributed by atoms with van der Waals surface area (Å²) in [5.74, 6) is -0.497. The topological polar surface area (TPSA) is 73.2 Å². The van der Waals surface area contributed by atoms with Crippen LogP contribution in [0.1, 0.15) is 33.8 Å². The molecule has 136 valence electrons. The third-order valence-corrected chi connectivity index (χ3v) is 4.63. The number of benzene rings is 2. The third-order valence-electron chi connectivity index (χ3n) is 4.63. The zero-order valence-corrected chi connectivity index (χ0v) is 14.5. The molecule has 6 nitrogen and oxygen atoms in total. The van der Waals surface area contributed by atoms with E-state index in [9.17, 15) is 14.0 Å². The number of halogens is 1. The molecule has 0 aliphatic carbocycles. The quantitative estimate of drug-likeness (QED) is 0.723. The van der Waals surface area contributed by atoms with Crippen molar-refractivity contribution in [2.45, 2.75) is 12.3 Å². The van der Waals surface area contributed by atoms with Gasteiger partial charge in [0, 0.05) is 17.9 Å². The third kappa shape index (κ3) is 3.08. The maximum absolute atomic E-state index is 13.2. The normalized spacial score (nSPS) is 15.8. The van der Waals surface area contributed by atoms with Crippen LogP contribution < -0.4 is 5.32 Å². The first-order valence-corrected chi connectivity index (χ1v) is 8.39. The smallest absolute Gasteiger partial charge is 0.337 e. The number of rotatable bonds is 3. The van der Waals surface area contributed by atoms with Crippen molar-refractivity contribution in [3.63, 3.8) is 0 Å². The molecule has 0 bridgehead atoms. The Hall–Kier alpha value is -3.48. The van der Waals surface area contributed by atoms with Crippen LogP contribution in [0.3, 0.4) is 0 Å². The van der Waals surface area contributed by atoms with Gasteiger partial charge in [0.2, 0.25) is 5.91 Å². The summed E-state index contributed by atoms with van der Waals surface area (Å²) in [6.45, 7) is 0. The van der Waals surface area contributed by atoms with Crippen LogP contribution in [0.2, 0.25) is 0 Å². The van der Waals surface area contributed by atoms with E-state index < -0.39 is 5.97 Å². The summed E-state index contributed by atoms with van der Waals surface area (Å²) in [6.07, 6.45) is 1.98. The van der Waals surface area contributed by atoms with Gasteiger partial charge in [-0.2, -0.15) is 5.10 Å². The molecule has 1 aromatic heterocycles. The summed E-state index contributed by atoms with van der Waals surface area (Å²) in [4.78, 5) is 23.9. The van der Waals surface area contributed by atoms with Gasteiger partial charge in [-0.1, -0.05) is 12.1 Å². The van der Waals surface area contributed by atoms with Gasteiger partial charge in [0.25, 0.3) is 0 Å². The van der Waals surface area contributed by atoms with Crippen LogP contribution in [-0.2, 0) is 9.53 Å². The number of nitrogens with zero attached hydrogens (tertiary/aromatic N) is 2. The number of methoxy groups -OCH3 is 1. The monoisotopic (exact) mass is 365 g/mol. The maximum atomic E-state index is 13.2. The first-order chi connectivity index (χ1) is 13.1. The highest BCUT2D eigenvalue weighted by atomic mass is 19.1. The van der Waals surface area contributed by atoms with E-state index in [0.29, 0.717) is 17.1 Å². The van der Waals surface area contributed by atoms with Crippen LogP contribution >= 0.6 is 0 Å². The minimum absolute atomic E-state index is 0.131. The fourth-order valence-electron chi connectivity index (χ4n) is 3.26. The predicted octanol–water partition coefficient (Wildman–Crippen LogP) is 3.27. The number of hydrogen-bond acceptors (Lipinski definition) is 4.